The van der Waals surface area contributed by atoms with Gasteiger partial charge in [0.15, 0.2) is 0 Å². The van der Waals surface area contributed by atoms with Crippen LogP contribution in [-0.2, 0) is 24.9 Å². The van der Waals surface area contributed by atoms with Gasteiger partial charge in [0.05, 0.1) is 11.9 Å². The van der Waals surface area contributed by atoms with Gasteiger partial charge in [-0.05, 0) is 67.1 Å². The quantitative estimate of drug-likeness (QED) is 0.309. The van der Waals surface area contributed by atoms with Gasteiger partial charge in [0.25, 0.3) is 0 Å². The molecule has 2 unspecified atom stereocenters. The zero-order chi connectivity index (χ0) is 27.0. The molecule has 0 saturated carbocycles. The Morgan fingerprint density at radius 2 is 1.92 bits per heavy atom. The van der Waals surface area contributed by atoms with Crippen LogP contribution >= 0.6 is 0 Å². The van der Waals surface area contributed by atoms with Crippen molar-refractivity contribution in [1.82, 2.24) is 26.0 Å². The van der Waals surface area contributed by atoms with Crippen LogP contribution in [0.15, 0.2) is 48.5 Å². The molecule has 0 amide bonds. The summed E-state index contributed by atoms with van der Waals surface area (Å²) in [5.74, 6) is -0.123. The number of benzene rings is 3. The molecule has 1 aromatic heterocycles. The Labute approximate surface area is 230 Å². The number of rotatable bonds is 7. The van der Waals surface area contributed by atoms with Gasteiger partial charge in [-0.3, -0.25) is 9.69 Å². The van der Waals surface area contributed by atoms with Gasteiger partial charge in [0.1, 0.15) is 17.4 Å². The molecule has 4 aromatic rings. The first kappa shape index (κ1) is 28.3. The number of carbonyl (C=O) groups is 1. The Hall–Kier alpha value is -3.75. The fourth-order valence-corrected chi connectivity index (χ4v) is 5.62. The minimum Gasteiger partial charge on any atom is -0.489 e. The number of hydrogen-bond acceptors (Lipinski definition) is 6. The summed E-state index contributed by atoms with van der Waals surface area (Å²) >= 11 is 0. The number of aromatic nitrogens is 3. The maximum Gasteiger partial charge on any atom is 0.304 e. The first-order valence-corrected chi connectivity index (χ1v) is 13.3. The third-order valence-electron chi connectivity index (χ3n) is 7.82. The average Bonchev–Trinajstić information content (AvgIpc) is 3.17. The molecular formula is C31H39N5O3. The summed E-state index contributed by atoms with van der Waals surface area (Å²) < 4.78 is 8.10. The fraction of sp³-hybridized carbons (Fsp3) is 0.387. The van der Waals surface area contributed by atoms with Crippen molar-refractivity contribution >= 4 is 17.0 Å². The van der Waals surface area contributed by atoms with Crippen LogP contribution in [0.4, 0.5) is 0 Å². The molecule has 0 radical (unpaired) electrons. The van der Waals surface area contributed by atoms with E-state index in [9.17, 15) is 9.90 Å². The first-order chi connectivity index (χ1) is 18.2. The van der Waals surface area contributed by atoms with Crippen LogP contribution in [0.2, 0.25) is 0 Å². The number of nitrogens with zero attached hydrogens (tertiary/aromatic N) is 4. The molecule has 1 aliphatic heterocycles. The number of fused-ring (bicyclic) bond motifs is 2. The highest BCUT2D eigenvalue weighted by atomic mass is 16.5. The standard InChI is InChI=1S/C31H36N4O3.H3N/c1-6-25-18-35(17-24-13-19(2)7-12-29(24)38-25)16-23-14-22(9-8-20(23)3)27(15-30(36)37)26-10-11-28-31(21(26)4)32-33-34(28)5;/h7-14,25,27H,6,15-18H2,1-5H3,(H,36,37);1H3. The second-order valence-electron chi connectivity index (χ2n) is 10.6. The lowest BCUT2D eigenvalue weighted by molar-refractivity contribution is -0.137. The molecule has 2 atom stereocenters. The van der Waals surface area contributed by atoms with E-state index in [1.807, 2.05) is 26.1 Å². The Morgan fingerprint density at radius 3 is 2.67 bits per heavy atom. The molecular weight excluding hydrogens is 490 g/mol. The molecule has 0 bridgehead atoms. The molecule has 5 rings (SSSR count). The van der Waals surface area contributed by atoms with Gasteiger partial charge in [-0.1, -0.05) is 54.1 Å². The molecule has 1 aliphatic rings. The first-order valence-electron chi connectivity index (χ1n) is 13.3. The summed E-state index contributed by atoms with van der Waals surface area (Å²) in [6.45, 7) is 10.9. The van der Waals surface area contributed by atoms with Crippen molar-refractivity contribution in [3.63, 3.8) is 0 Å². The summed E-state index contributed by atoms with van der Waals surface area (Å²) in [5.41, 5.74) is 9.58. The van der Waals surface area contributed by atoms with Crippen molar-refractivity contribution in [2.24, 2.45) is 7.05 Å². The molecule has 0 saturated heterocycles. The normalized spacial score (nSPS) is 16.2. The Bertz CT molecular complexity index is 1500. The highest BCUT2D eigenvalue weighted by Crippen LogP contribution is 2.35. The van der Waals surface area contributed by atoms with Gasteiger partial charge in [-0.2, -0.15) is 0 Å². The molecule has 206 valence electrons. The summed E-state index contributed by atoms with van der Waals surface area (Å²) in [6.07, 6.45) is 1.08. The molecule has 0 fully saturated rings. The van der Waals surface area contributed by atoms with Crippen LogP contribution in [0.5, 0.6) is 5.75 Å². The van der Waals surface area contributed by atoms with Crippen LogP contribution in [0, 0.1) is 20.8 Å². The molecule has 8 heteroatoms. The fourth-order valence-electron chi connectivity index (χ4n) is 5.62. The van der Waals surface area contributed by atoms with E-state index < -0.39 is 5.97 Å². The molecule has 8 nitrogen and oxygen atoms in total. The third-order valence-corrected chi connectivity index (χ3v) is 7.82. The van der Waals surface area contributed by atoms with Gasteiger partial charge in [-0.15, -0.1) is 5.10 Å². The van der Waals surface area contributed by atoms with E-state index in [0.717, 1.165) is 59.5 Å². The van der Waals surface area contributed by atoms with Crippen molar-refractivity contribution in [1.29, 1.82) is 0 Å². The summed E-state index contributed by atoms with van der Waals surface area (Å²) in [5, 5.41) is 18.3. The van der Waals surface area contributed by atoms with E-state index in [2.05, 4.69) is 72.4 Å². The van der Waals surface area contributed by atoms with Crippen LogP contribution in [0.1, 0.15) is 64.6 Å². The zero-order valence-corrected chi connectivity index (χ0v) is 23.6. The lowest BCUT2D eigenvalue weighted by Crippen LogP contribution is -2.32. The molecule has 0 aliphatic carbocycles. The van der Waals surface area contributed by atoms with Crippen molar-refractivity contribution in [3.8, 4) is 5.75 Å². The lowest BCUT2D eigenvalue weighted by Gasteiger charge is -2.25. The number of aryl methyl sites for hydroxylation is 4. The Balaban J connectivity index is 0.00000353. The second kappa shape index (κ2) is 11.6. The number of hydrogen-bond donors (Lipinski definition) is 2. The average molecular weight is 530 g/mol. The Morgan fingerprint density at radius 1 is 1.13 bits per heavy atom. The highest BCUT2D eigenvalue weighted by molar-refractivity contribution is 5.80. The van der Waals surface area contributed by atoms with Gasteiger partial charge in [-0.25, -0.2) is 4.68 Å². The number of aliphatic carboxylic acids is 1. The van der Waals surface area contributed by atoms with E-state index in [-0.39, 0.29) is 24.6 Å². The summed E-state index contributed by atoms with van der Waals surface area (Å²) in [6, 6.07) is 16.8. The van der Waals surface area contributed by atoms with Gasteiger partial charge in [0.2, 0.25) is 0 Å². The molecule has 0 spiro atoms. The molecule has 3 aromatic carbocycles. The largest absolute Gasteiger partial charge is 0.489 e. The van der Waals surface area contributed by atoms with E-state index in [0.29, 0.717) is 0 Å². The highest BCUT2D eigenvalue weighted by Gasteiger charge is 2.25. The smallest absolute Gasteiger partial charge is 0.304 e. The van der Waals surface area contributed by atoms with Gasteiger partial charge >= 0.3 is 5.97 Å². The van der Waals surface area contributed by atoms with Crippen LogP contribution < -0.4 is 10.9 Å². The predicted octanol–water partition coefficient (Wildman–Crippen LogP) is 5.84. The zero-order valence-electron chi connectivity index (χ0n) is 23.6. The number of ether oxygens (including phenoxy) is 1. The predicted molar refractivity (Wildman–Crippen MR) is 154 cm³/mol. The van der Waals surface area contributed by atoms with Gasteiger partial charge < -0.3 is 16.0 Å². The van der Waals surface area contributed by atoms with E-state index in [4.69, 9.17) is 4.74 Å². The maximum absolute atomic E-state index is 12.0. The Kier molecular flexibility index (Phi) is 8.37. The van der Waals surface area contributed by atoms with Crippen molar-refractivity contribution in [2.45, 2.75) is 65.6 Å². The lowest BCUT2D eigenvalue weighted by atomic mass is 9.84. The summed E-state index contributed by atoms with van der Waals surface area (Å²) in [7, 11) is 1.87. The topological polar surface area (TPSA) is 115 Å². The van der Waals surface area contributed by atoms with Crippen LogP contribution in [-0.4, -0.2) is 43.6 Å². The van der Waals surface area contributed by atoms with Crippen LogP contribution in [0.25, 0.3) is 11.0 Å². The molecule has 4 N–H and O–H groups in total. The molecule has 39 heavy (non-hydrogen) atoms. The number of carboxylic acids is 1. The molecule has 2 heterocycles. The van der Waals surface area contributed by atoms with E-state index in [1.165, 1.54) is 22.3 Å². The van der Waals surface area contributed by atoms with Gasteiger partial charge in [0, 0.05) is 38.2 Å². The number of carboxylic acid groups (broad SMARTS) is 1. The van der Waals surface area contributed by atoms with Crippen molar-refractivity contribution in [3.05, 3.63) is 87.5 Å². The SMILES string of the molecule is CCC1CN(Cc2cc(C(CC(=O)O)c3ccc4c(nnn4C)c3C)ccc2C)Cc2cc(C)ccc2O1.N. The summed E-state index contributed by atoms with van der Waals surface area (Å²) in [4.78, 5) is 14.5. The van der Waals surface area contributed by atoms with Crippen LogP contribution in [0.3, 0.4) is 0 Å². The monoisotopic (exact) mass is 529 g/mol. The minimum atomic E-state index is -0.821. The maximum atomic E-state index is 12.0. The third kappa shape index (κ3) is 5.82. The van der Waals surface area contributed by atoms with Crippen molar-refractivity contribution in [2.75, 3.05) is 6.54 Å². The van der Waals surface area contributed by atoms with E-state index >= 15 is 0 Å². The van der Waals surface area contributed by atoms with E-state index in [1.54, 1.807) is 4.68 Å². The second-order valence-corrected chi connectivity index (χ2v) is 10.6. The van der Waals surface area contributed by atoms with Crippen molar-refractivity contribution < 1.29 is 14.6 Å². The minimum absolute atomic E-state index is 0.